The predicted molar refractivity (Wildman–Crippen MR) is 54.4 cm³/mol. The molecule has 2 nitrogen and oxygen atoms in total. The second-order valence-electron chi connectivity index (χ2n) is 2.64. The van der Waals surface area contributed by atoms with E-state index in [1.54, 1.807) is 11.8 Å². The number of thioether (sulfide) groups is 1. The number of hydrogen-bond acceptors (Lipinski definition) is 3. The molecule has 1 aromatic carbocycles. The van der Waals surface area contributed by atoms with Crippen LogP contribution in [0, 0.1) is 0 Å². The Balaban J connectivity index is 2.69. The van der Waals surface area contributed by atoms with Crippen molar-refractivity contribution in [3.05, 3.63) is 24.3 Å². The third kappa shape index (κ3) is 3.11. The standard InChI is InChI=1S/C10H12O2S/c1-8(11)7-12-9-5-3-4-6-10(9)13-2/h3-6H,7H2,1-2H3. The number of benzene rings is 1. The van der Waals surface area contributed by atoms with Gasteiger partial charge in [-0.3, -0.25) is 4.79 Å². The van der Waals surface area contributed by atoms with Crippen LogP contribution in [0.2, 0.25) is 0 Å². The van der Waals surface area contributed by atoms with Gasteiger partial charge in [0.1, 0.15) is 12.4 Å². The van der Waals surface area contributed by atoms with Gasteiger partial charge in [0.15, 0.2) is 5.78 Å². The van der Waals surface area contributed by atoms with Crippen molar-refractivity contribution < 1.29 is 9.53 Å². The van der Waals surface area contributed by atoms with E-state index in [1.165, 1.54) is 6.92 Å². The first-order chi connectivity index (χ1) is 6.24. The zero-order valence-electron chi connectivity index (χ0n) is 7.74. The van der Waals surface area contributed by atoms with Gasteiger partial charge in [-0.1, -0.05) is 12.1 Å². The van der Waals surface area contributed by atoms with Crippen molar-refractivity contribution in [1.82, 2.24) is 0 Å². The van der Waals surface area contributed by atoms with Crippen LogP contribution in [-0.2, 0) is 4.79 Å². The lowest BCUT2D eigenvalue weighted by atomic mass is 10.3. The molecule has 0 spiro atoms. The smallest absolute Gasteiger partial charge is 0.167 e. The largest absolute Gasteiger partial charge is 0.485 e. The number of para-hydroxylation sites is 1. The molecule has 0 aliphatic rings. The number of carbonyl (C=O) groups is 1. The molecule has 3 heteroatoms. The lowest BCUT2D eigenvalue weighted by molar-refractivity contribution is -0.118. The third-order valence-electron chi connectivity index (χ3n) is 1.50. The van der Waals surface area contributed by atoms with Crippen molar-refractivity contribution in [3.63, 3.8) is 0 Å². The zero-order chi connectivity index (χ0) is 9.68. The first-order valence-corrected chi connectivity index (χ1v) is 5.21. The molecule has 13 heavy (non-hydrogen) atoms. The summed E-state index contributed by atoms with van der Waals surface area (Å²) in [6.07, 6.45) is 1.98. The highest BCUT2D eigenvalue weighted by Crippen LogP contribution is 2.26. The number of carbonyl (C=O) groups excluding carboxylic acids is 1. The minimum absolute atomic E-state index is 0.0379. The molecule has 0 atom stereocenters. The van der Waals surface area contributed by atoms with Crippen LogP contribution < -0.4 is 4.74 Å². The quantitative estimate of drug-likeness (QED) is 0.691. The second-order valence-corrected chi connectivity index (χ2v) is 3.49. The summed E-state index contributed by atoms with van der Waals surface area (Å²) in [5.74, 6) is 0.820. The van der Waals surface area contributed by atoms with E-state index in [4.69, 9.17) is 4.74 Å². The summed E-state index contributed by atoms with van der Waals surface area (Å²) in [4.78, 5) is 11.7. The molecule has 0 N–H and O–H groups in total. The van der Waals surface area contributed by atoms with Gasteiger partial charge in [0, 0.05) is 4.90 Å². The molecule has 0 aliphatic carbocycles. The third-order valence-corrected chi connectivity index (χ3v) is 2.28. The van der Waals surface area contributed by atoms with Gasteiger partial charge in [-0.05, 0) is 25.3 Å². The van der Waals surface area contributed by atoms with E-state index in [0.29, 0.717) is 0 Å². The maximum Gasteiger partial charge on any atom is 0.167 e. The average molecular weight is 196 g/mol. The molecular formula is C10H12O2S. The molecule has 0 aromatic heterocycles. The minimum Gasteiger partial charge on any atom is -0.485 e. The van der Waals surface area contributed by atoms with Crippen molar-refractivity contribution in [2.45, 2.75) is 11.8 Å². The number of ketones is 1. The van der Waals surface area contributed by atoms with Crippen molar-refractivity contribution in [1.29, 1.82) is 0 Å². The zero-order valence-corrected chi connectivity index (χ0v) is 8.56. The fraction of sp³-hybridized carbons (Fsp3) is 0.300. The fourth-order valence-electron chi connectivity index (χ4n) is 0.917. The van der Waals surface area contributed by atoms with Gasteiger partial charge in [-0.25, -0.2) is 0 Å². The first-order valence-electron chi connectivity index (χ1n) is 3.99. The Morgan fingerprint density at radius 1 is 1.46 bits per heavy atom. The number of hydrogen-bond donors (Lipinski definition) is 0. The summed E-state index contributed by atoms with van der Waals surface area (Å²) < 4.78 is 5.32. The molecule has 0 saturated heterocycles. The summed E-state index contributed by atoms with van der Waals surface area (Å²) >= 11 is 1.61. The van der Waals surface area contributed by atoms with Gasteiger partial charge >= 0.3 is 0 Å². The van der Waals surface area contributed by atoms with Crippen molar-refractivity contribution in [2.24, 2.45) is 0 Å². The molecule has 0 aliphatic heterocycles. The monoisotopic (exact) mass is 196 g/mol. The molecule has 1 rings (SSSR count). The van der Waals surface area contributed by atoms with Crippen LogP contribution >= 0.6 is 11.8 Å². The van der Waals surface area contributed by atoms with E-state index in [9.17, 15) is 4.79 Å². The van der Waals surface area contributed by atoms with E-state index in [0.717, 1.165) is 10.6 Å². The van der Waals surface area contributed by atoms with Gasteiger partial charge in [0.05, 0.1) is 0 Å². The fourth-order valence-corrected chi connectivity index (χ4v) is 1.46. The van der Waals surface area contributed by atoms with Crippen molar-refractivity contribution >= 4 is 17.5 Å². The Morgan fingerprint density at radius 3 is 2.77 bits per heavy atom. The molecule has 70 valence electrons. The molecule has 0 saturated carbocycles. The highest BCUT2D eigenvalue weighted by Gasteiger charge is 2.01. The lowest BCUT2D eigenvalue weighted by Crippen LogP contribution is -2.06. The normalized spacial score (nSPS) is 9.69. The topological polar surface area (TPSA) is 26.3 Å². The molecular weight excluding hydrogens is 184 g/mol. The van der Waals surface area contributed by atoms with Gasteiger partial charge in [-0.2, -0.15) is 0 Å². The Labute approximate surface area is 82.3 Å². The number of Topliss-reactive ketones (excluding diaryl/α,β-unsaturated/α-hetero) is 1. The van der Waals surface area contributed by atoms with Gasteiger partial charge < -0.3 is 4.74 Å². The van der Waals surface area contributed by atoms with E-state index < -0.39 is 0 Å². The molecule has 1 aromatic rings. The molecule has 0 heterocycles. The summed E-state index contributed by atoms with van der Waals surface area (Å²) in [6, 6.07) is 7.69. The Morgan fingerprint density at radius 2 is 2.15 bits per heavy atom. The van der Waals surface area contributed by atoms with Crippen LogP contribution in [0.25, 0.3) is 0 Å². The van der Waals surface area contributed by atoms with Crippen LogP contribution in [0.3, 0.4) is 0 Å². The maximum absolute atomic E-state index is 10.7. The Hall–Kier alpha value is -0.960. The van der Waals surface area contributed by atoms with Crippen LogP contribution in [0.5, 0.6) is 5.75 Å². The minimum atomic E-state index is 0.0379. The highest BCUT2D eigenvalue weighted by atomic mass is 32.2. The highest BCUT2D eigenvalue weighted by molar-refractivity contribution is 7.98. The van der Waals surface area contributed by atoms with Gasteiger partial charge in [-0.15, -0.1) is 11.8 Å². The summed E-state index contributed by atoms with van der Waals surface area (Å²) in [5.41, 5.74) is 0. The summed E-state index contributed by atoms with van der Waals surface area (Å²) in [7, 11) is 0. The Kier molecular flexibility index (Phi) is 3.83. The maximum atomic E-state index is 10.7. The number of rotatable bonds is 4. The number of ether oxygens (including phenoxy) is 1. The average Bonchev–Trinajstić information content (AvgIpc) is 2.15. The molecule has 0 bridgehead atoms. The lowest BCUT2D eigenvalue weighted by Gasteiger charge is -2.07. The first kappa shape index (κ1) is 10.1. The molecule has 0 amide bonds. The SMILES string of the molecule is CSc1ccccc1OCC(C)=O. The van der Waals surface area contributed by atoms with E-state index >= 15 is 0 Å². The predicted octanol–water partition coefficient (Wildman–Crippen LogP) is 2.38. The summed E-state index contributed by atoms with van der Waals surface area (Å²) in [6.45, 7) is 1.67. The van der Waals surface area contributed by atoms with Gasteiger partial charge in [0.2, 0.25) is 0 Å². The van der Waals surface area contributed by atoms with Crippen LogP contribution in [0.4, 0.5) is 0 Å². The molecule has 0 fully saturated rings. The summed E-state index contributed by atoms with van der Waals surface area (Å²) in [5, 5.41) is 0. The van der Waals surface area contributed by atoms with Crippen molar-refractivity contribution in [2.75, 3.05) is 12.9 Å². The van der Waals surface area contributed by atoms with Gasteiger partial charge in [0.25, 0.3) is 0 Å². The van der Waals surface area contributed by atoms with Crippen molar-refractivity contribution in [3.8, 4) is 5.75 Å². The van der Waals surface area contributed by atoms with Crippen LogP contribution in [0.15, 0.2) is 29.2 Å². The van der Waals surface area contributed by atoms with Crippen LogP contribution in [-0.4, -0.2) is 18.6 Å². The second kappa shape index (κ2) is 4.92. The van der Waals surface area contributed by atoms with E-state index in [-0.39, 0.29) is 12.4 Å². The molecule has 0 radical (unpaired) electrons. The van der Waals surface area contributed by atoms with Crippen LogP contribution in [0.1, 0.15) is 6.92 Å². The molecule has 0 unspecified atom stereocenters. The van der Waals surface area contributed by atoms with E-state index in [2.05, 4.69) is 0 Å². The van der Waals surface area contributed by atoms with E-state index in [1.807, 2.05) is 30.5 Å². The Bertz CT molecular complexity index is 297.